The van der Waals surface area contributed by atoms with Crippen LogP contribution in [-0.4, -0.2) is 37.1 Å². The highest BCUT2D eigenvalue weighted by Gasteiger charge is 2.52. The first kappa shape index (κ1) is 21.0. The quantitative estimate of drug-likeness (QED) is 0.250. The first-order valence-corrected chi connectivity index (χ1v) is 11.4. The summed E-state index contributed by atoms with van der Waals surface area (Å²) >= 11 is 1.43. The fourth-order valence-electron chi connectivity index (χ4n) is 4.27. The number of amides is 1. The van der Waals surface area contributed by atoms with E-state index in [9.17, 15) is 14.4 Å². The minimum Gasteiger partial charge on any atom is -0.323 e. The van der Waals surface area contributed by atoms with Crippen LogP contribution in [0.15, 0.2) is 78.6 Å². The Morgan fingerprint density at radius 3 is 2.55 bits per heavy atom. The zero-order valence-corrected chi connectivity index (χ0v) is 18.6. The normalized spacial score (nSPS) is 18.2. The van der Waals surface area contributed by atoms with Crippen molar-refractivity contribution < 1.29 is 14.4 Å². The minimum atomic E-state index is -1.13. The largest absolute Gasteiger partial charge is 0.323 e. The molecule has 4 aromatic rings. The molecular weight excluding hydrogens is 436 g/mol. The SMILES string of the molecule is Cc1c(C(=O)C2C(=O)C(=O)N(Cc3cccnc3)C2c2cccs2)cnn1-c1ccccc1. The van der Waals surface area contributed by atoms with Crippen molar-refractivity contribution in [1.82, 2.24) is 19.7 Å². The Morgan fingerprint density at radius 2 is 1.85 bits per heavy atom. The smallest absolute Gasteiger partial charge is 0.291 e. The van der Waals surface area contributed by atoms with Gasteiger partial charge in [0.15, 0.2) is 5.78 Å². The molecule has 0 saturated carbocycles. The fourth-order valence-corrected chi connectivity index (χ4v) is 5.15. The lowest BCUT2D eigenvalue weighted by Gasteiger charge is -2.25. The maximum absolute atomic E-state index is 13.7. The molecule has 4 heterocycles. The average molecular weight is 457 g/mol. The summed E-state index contributed by atoms with van der Waals surface area (Å²) in [4.78, 5) is 46.3. The molecule has 8 heteroatoms. The maximum Gasteiger partial charge on any atom is 0.291 e. The number of aromatic nitrogens is 3. The zero-order valence-electron chi connectivity index (χ0n) is 17.8. The standard InChI is InChI=1S/C25H20N4O3S/c1-16-19(14-27-29(16)18-8-3-2-4-9-18)23(30)21-22(20-10-6-12-33-20)28(25(32)24(21)31)15-17-7-5-11-26-13-17/h2-14,21-22H,15H2,1H3. The van der Waals surface area contributed by atoms with Gasteiger partial charge in [0.05, 0.1) is 29.2 Å². The van der Waals surface area contributed by atoms with Gasteiger partial charge >= 0.3 is 0 Å². The third-order valence-corrected chi connectivity index (χ3v) is 6.82. The van der Waals surface area contributed by atoms with Crippen LogP contribution in [0.25, 0.3) is 5.69 Å². The molecule has 1 aliphatic rings. The van der Waals surface area contributed by atoms with Gasteiger partial charge in [0.25, 0.3) is 5.91 Å². The highest BCUT2D eigenvalue weighted by Crippen LogP contribution is 2.41. The van der Waals surface area contributed by atoms with E-state index in [1.54, 1.807) is 30.1 Å². The molecule has 33 heavy (non-hydrogen) atoms. The van der Waals surface area contributed by atoms with E-state index >= 15 is 0 Å². The number of ketones is 2. The number of para-hydroxylation sites is 1. The van der Waals surface area contributed by atoms with Crippen LogP contribution in [0.2, 0.25) is 0 Å². The van der Waals surface area contributed by atoms with Crippen LogP contribution >= 0.6 is 11.3 Å². The predicted molar refractivity (Wildman–Crippen MR) is 123 cm³/mol. The van der Waals surface area contributed by atoms with Gasteiger partial charge in [0, 0.05) is 23.8 Å². The number of hydrogen-bond acceptors (Lipinski definition) is 6. The second-order valence-electron chi connectivity index (χ2n) is 7.85. The van der Waals surface area contributed by atoms with Crippen LogP contribution in [0.4, 0.5) is 0 Å². The van der Waals surface area contributed by atoms with Gasteiger partial charge in [-0.05, 0) is 42.1 Å². The van der Waals surface area contributed by atoms with Crippen molar-refractivity contribution in [3.8, 4) is 5.69 Å². The maximum atomic E-state index is 13.7. The van der Waals surface area contributed by atoms with Crippen molar-refractivity contribution in [2.45, 2.75) is 19.5 Å². The van der Waals surface area contributed by atoms with Gasteiger partial charge in [-0.1, -0.05) is 30.3 Å². The number of thiophene rings is 1. The number of nitrogens with zero attached hydrogens (tertiary/aromatic N) is 4. The van der Waals surface area contributed by atoms with Crippen LogP contribution in [0.5, 0.6) is 0 Å². The van der Waals surface area contributed by atoms with Gasteiger partial charge < -0.3 is 4.90 Å². The molecule has 1 saturated heterocycles. The summed E-state index contributed by atoms with van der Waals surface area (Å²) in [7, 11) is 0. The first-order valence-electron chi connectivity index (χ1n) is 10.5. The Kier molecular flexibility index (Phi) is 5.43. The minimum absolute atomic E-state index is 0.201. The molecule has 5 rings (SSSR count). The molecule has 2 atom stereocenters. The van der Waals surface area contributed by atoms with Crippen molar-refractivity contribution in [2.24, 2.45) is 5.92 Å². The van der Waals surface area contributed by atoms with Crippen LogP contribution in [0, 0.1) is 12.8 Å². The average Bonchev–Trinajstić information content (AvgIpc) is 3.56. The van der Waals surface area contributed by atoms with Crippen LogP contribution in [0.3, 0.4) is 0 Å². The van der Waals surface area contributed by atoms with E-state index in [0.29, 0.717) is 11.3 Å². The number of likely N-dealkylation sites (tertiary alicyclic amines) is 1. The van der Waals surface area contributed by atoms with Gasteiger partial charge in [-0.15, -0.1) is 11.3 Å². The molecule has 3 aromatic heterocycles. The van der Waals surface area contributed by atoms with Crippen LogP contribution in [-0.2, 0) is 16.1 Å². The summed E-state index contributed by atoms with van der Waals surface area (Å²) in [6.45, 7) is 2.00. The van der Waals surface area contributed by atoms with E-state index in [1.165, 1.54) is 22.4 Å². The van der Waals surface area contributed by atoms with Gasteiger partial charge in [-0.25, -0.2) is 4.68 Å². The molecule has 1 fully saturated rings. The number of carbonyl (C=O) groups is 3. The Morgan fingerprint density at radius 1 is 1.03 bits per heavy atom. The van der Waals surface area contributed by atoms with E-state index in [2.05, 4.69) is 10.1 Å². The Balaban J connectivity index is 1.54. The van der Waals surface area contributed by atoms with E-state index in [0.717, 1.165) is 16.1 Å². The molecule has 1 amide bonds. The highest BCUT2D eigenvalue weighted by atomic mass is 32.1. The van der Waals surface area contributed by atoms with Gasteiger partial charge in [0.1, 0.15) is 5.92 Å². The first-order chi connectivity index (χ1) is 16.1. The second-order valence-corrected chi connectivity index (χ2v) is 8.83. The second kappa shape index (κ2) is 8.55. The van der Waals surface area contributed by atoms with Crippen molar-refractivity contribution in [3.63, 3.8) is 0 Å². The number of benzene rings is 1. The summed E-state index contributed by atoms with van der Waals surface area (Å²) in [5, 5.41) is 6.26. The number of rotatable bonds is 6. The molecule has 0 spiro atoms. The van der Waals surface area contributed by atoms with Crippen molar-refractivity contribution >= 4 is 28.8 Å². The lowest BCUT2D eigenvalue weighted by Crippen LogP contribution is -2.30. The molecule has 7 nitrogen and oxygen atoms in total. The molecule has 2 unspecified atom stereocenters. The molecule has 1 aromatic carbocycles. The molecule has 0 radical (unpaired) electrons. The van der Waals surface area contributed by atoms with Crippen molar-refractivity contribution in [1.29, 1.82) is 0 Å². The molecule has 0 bridgehead atoms. The molecule has 164 valence electrons. The molecule has 0 aliphatic carbocycles. The van der Waals surface area contributed by atoms with Crippen molar-refractivity contribution in [3.05, 3.63) is 100 Å². The highest BCUT2D eigenvalue weighted by molar-refractivity contribution is 7.10. The topological polar surface area (TPSA) is 85.2 Å². The number of pyridine rings is 1. The zero-order chi connectivity index (χ0) is 22.9. The summed E-state index contributed by atoms with van der Waals surface area (Å²) in [5.41, 5.74) is 2.58. The fraction of sp³-hybridized carbons (Fsp3) is 0.160. The summed E-state index contributed by atoms with van der Waals surface area (Å²) in [6, 6.07) is 16.1. The van der Waals surface area contributed by atoms with E-state index in [1.807, 2.05) is 53.9 Å². The number of Topliss-reactive ketones (excluding diaryl/α,β-unsaturated/α-hetero) is 2. The molecule has 0 N–H and O–H groups in total. The van der Waals surface area contributed by atoms with Crippen molar-refractivity contribution in [2.75, 3.05) is 0 Å². The van der Waals surface area contributed by atoms with E-state index in [-0.39, 0.29) is 12.3 Å². The summed E-state index contributed by atoms with van der Waals surface area (Å²) in [6.07, 6.45) is 4.79. The Hall–Kier alpha value is -3.91. The number of carbonyl (C=O) groups excluding carboxylic acids is 3. The third kappa shape index (κ3) is 3.68. The van der Waals surface area contributed by atoms with Crippen LogP contribution < -0.4 is 0 Å². The monoisotopic (exact) mass is 456 g/mol. The summed E-state index contributed by atoms with van der Waals surface area (Å²) in [5.74, 6) is -2.85. The van der Waals surface area contributed by atoms with E-state index < -0.39 is 23.7 Å². The van der Waals surface area contributed by atoms with Gasteiger partial charge in [0.2, 0.25) is 5.78 Å². The predicted octanol–water partition coefficient (Wildman–Crippen LogP) is 3.79. The Labute approximate surface area is 194 Å². The number of hydrogen-bond donors (Lipinski definition) is 0. The summed E-state index contributed by atoms with van der Waals surface area (Å²) < 4.78 is 1.67. The Bertz CT molecular complexity index is 1320. The lowest BCUT2D eigenvalue weighted by molar-refractivity contribution is -0.141. The molecule has 1 aliphatic heterocycles. The van der Waals surface area contributed by atoms with E-state index in [4.69, 9.17) is 0 Å². The molecular formula is C25H20N4O3S. The van der Waals surface area contributed by atoms with Crippen LogP contribution in [0.1, 0.15) is 32.5 Å². The van der Waals surface area contributed by atoms with Gasteiger partial charge in [-0.3, -0.25) is 19.4 Å². The lowest BCUT2D eigenvalue weighted by atomic mass is 9.89. The third-order valence-electron chi connectivity index (χ3n) is 5.87. The van der Waals surface area contributed by atoms with Gasteiger partial charge in [-0.2, -0.15) is 5.10 Å².